The van der Waals surface area contributed by atoms with Gasteiger partial charge in [0.15, 0.2) is 0 Å². The second kappa shape index (κ2) is 5.67. The van der Waals surface area contributed by atoms with Crippen LogP contribution >= 0.6 is 0 Å². The molecule has 2 fully saturated rings. The van der Waals surface area contributed by atoms with E-state index >= 15 is 0 Å². The molecule has 0 aromatic rings. The number of hydrogen-bond donors (Lipinski definition) is 1. The second-order valence-electron chi connectivity index (χ2n) is 5.26. The fourth-order valence-electron chi connectivity index (χ4n) is 2.86. The Hall–Kier alpha value is -0.570. The molecule has 0 aromatic carbocycles. The molecule has 0 bridgehead atoms. The number of rotatable bonds is 3. The lowest BCUT2D eigenvalue weighted by Crippen LogP contribution is -2.49. The van der Waals surface area contributed by atoms with Gasteiger partial charge in [-0.3, -0.25) is 9.69 Å². The molecule has 2 rings (SSSR count). The fourth-order valence-corrected chi connectivity index (χ4v) is 2.86. The maximum atomic E-state index is 12.0. The third-order valence-corrected chi connectivity index (χ3v) is 4.02. The third-order valence-electron chi connectivity index (χ3n) is 4.02. The van der Waals surface area contributed by atoms with E-state index in [1.807, 2.05) is 0 Å². The van der Waals surface area contributed by atoms with Crippen molar-refractivity contribution in [3.05, 3.63) is 0 Å². The number of nitrogens with zero attached hydrogens (tertiary/aromatic N) is 1. The highest BCUT2D eigenvalue weighted by atomic mass is 16.2. The first-order valence-corrected chi connectivity index (χ1v) is 6.82. The molecule has 0 radical (unpaired) electrons. The number of hydrogen-bond acceptors (Lipinski definition) is 2. The van der Waals surface area contributed by atoms with Gasteiger partial charge in [-0.15, -0.1) is 0 Å². The number of amides is 1. The summed E-state index contributed by atoms with van der Waals surface area (Å²) in [5.41, 5.74) is 0. The topological polar surface area (TPSA) is 32.3 Å². The SMILES string of the molecule is CC(C(=O)NC1CCCC1)N1CCCCC1. The molecule has 3 heteroatoms. The van der Waals surface area contributed by atoms with E-state index in [-0.39, 0.29) is 11.9 Å². The van der Waals surface area contributed by atoms with Crippen molar-refractivity contribution in [2.24, 2.45) is 0 Å². The Kier molecular flexibility index (Phi) is 4.22. The molecule has 1 atom stereocenters. The normalized spacial score (nSPS) is 25.6. The molecule has 92 valence electrons. The van der Waals surface area contributed by atoms with Crippen LogP contribution in [0.3, 0.4) is 0 Å². The Labute approximate surface area is 98.6 Å². The van der Waals surface area contributed by atoms with E-state index < -0.39 is 0 Å². The predicted octanol–water partition coefficient (Wildman–Crippen LogP) is 1.92. The van der Waals surface area contributed by atoms with Crippen LogP contribution < -0.4 is 5.32 Å². The molecule has 2 aliphatic rings. The highest BCUT2D eigenvalue weighted by Gasteiger charge is 2.25. The van der Waals surface area contributed by atoms with Crippen LogP contribution in [-0.4, -0.2) is 36.0 Å². The van der Waals surface area contributed by atoms with E-state index in [0.29, 0.717) is 6.04 Å². The first-order chi connectivity index (χ1) is 7.77. The molecule has 0 spiro atoms. The standard InChI is InChI=1S/C13H24N2O/c1-11(15-9-5-2-6-10-15)13(16)14-12-7-3-4-8-12/h11-12H,2-10H2,1H3,(H,14,16). The second-order valence-corrected chi connectivity index (χ2v) is 5.26. The van der Waals surface area contributed by atoms with Crippen molar-refractivity contribution in [2.45, 2.75) is 64.0 Å². The van der Waals surface area contributed by atoms with E-state index in [9.17, 15) is 4.79 Å². The Bertz CT molecular complexity index is 230. The summed E-state index contributed by atoms with van der Waals surface area (Å²) in [6.45, 7) is 4.24. The first-order valence-electron chi connectivity index (χ1n) is 6.82. The monoisotopic (exact) mass is 224 g/mol. The van der Waals surface area contributed by atoms with Crippen LogP contribution in [0.1, 0.15) is 51.9 Å². The van der Waals surface area contributed by atoms with Crippen LogP contribution in [-0.2, 0) is 4.79 Å². The van der Waals surface area contributed by atoms with Gasteiger partial charge < -0.3 is 5.32 Å². The number of carbonyl (C=O) groups excluding carboxylic acids is 1. The van der Waals surface area contributed by atoms with Crippen LogP contribution in [0, 0.1) is 0 Å². The molecule has 1 aliphatic heterocycles. The lowest BCUT2D eigenvalue weighted by molar-refractivity contribution is -0.126. The lowest BCUT2D eigenvalue weighted by atomic mass is 10.1. The lowest BCUT2D eigenvalue weighted by Gasteiger charge is -2.32. The molecule has 1 amide bonds. The van der Waals surface area contributed by atoms with Gasteiger partial charge in [-0.25, -0.2) is 0 Å². The Morgan fingerprint density at radius 2 is 1.75 bits per heavy atom. The van der Waals surface area contributed by atoms with Crippen molar-refractivity contribution in [2.75, 3.05) is 13.1 Å². The number of piperidine rings is 1. The Morgan fingerprint density at radius 3 is 2.38 bits per heavy atom. The molecular formula is C13H24N2O. The number of carbonyl (C=O) groups is 1. The van der Waals surface area contributed by atoms with Crippen LogP contribution in [0.4, 0.5) is 0 Å². The van der Waals surface area contributed by atoms with Crippen LogP contribution in [0.15, 0.2) is 0 Å². The van der Waals surface area contributed by atoms with Gasteiger partial charge in [0.05, 0.1) is 6.04 Å². The van der Waals surface area contributed by atoms with E-state index in [0.717, 1.165) is 13.1 Å². The Morgan fingerprint density at radius 1 is 1.12 bits per heavy atom. The van der Waals surface area contributed by atoms with Gasteiger partial charge in [0.1, 0.15) is 0 Å². The van der Waals surface area contributed by atoms with Crippen molar-refractivity contribution in [1.82, 2.24) is 10.2 Å². The van der Waals surface area contributed by atoms with Gasteiger partial charge in [-0.1, -0.05) is 19.3 Å². The average Bonchev–Trinajstić information content (AvgIpc) is 2.82. The number of likely N-dealkylation sites (tertiary alicyclic amines) is 1. The highest BCUT2D eigenvalue weighted by molar-refractivity contribution is 5.81. The fraction of sp³-hybridized carbons (Fsp3) is 0.923. The van der Waals surface area contributed by atoms with Crippen molar-refractivity contribution in [1.29, 1.82) is 0 Å². The van der Waals surface area contributed by atoms with Gasteiger partial charge in [0, 0.05) is 6.04 Å². The van der Waals surface area contributed by atoms with Gasteiger partial charge in [-0.05, 0) is 45.7 Å². The minimum Gasteiger partial charge on any atom is -0.352 e. The summed E-state index contributed by atoms with van der Waals surface area (Å²) >= 11 is 0. The van der Waals surface area contributed by atoms with Crippen molar-refractivity contribution in [3.63, 3.8) is 0 Å². The molecule has 3 nitrogen and oxygen atoms in total. The maximum absolute atomic E-state index is 12.0. The van der Waals surface area contributed by atoms with Gasteiger partial charge in [-0.2, -0.15) is 0 Å². The van der Waals surface area contributed by atoms with Crippen LogP contribution in [0.5, 0.6) is 0 Å². The molecule has 0 aromatic heterocycles. The quantitative estimate of drug-likeness (QED) is 0.794. The molecule has 1 saturated carbocycles. The highest BCUT2D eigenvalue weighted by Crippen LogP contribution is 2.18. The average molecular weight is 224 g/mol. The molecule has 1 saturated heterocycles. The zero-order valence-corrected chi connectivity index (χ0v) is 10.4. The summed E-state index contributed by atoms with van der Waals surface area (Å²) in [4.78, 5) is 14.4. The first kappa shape index (κ1) is 11.9. The summed E-state index contributed by atoms with van der Waals surface area (Å²) in [5.74, 6) is 0.244. The summed E-state index contributed by atoms with van der Waals surface area (Å²) in [5, 5.41) is 3.20. The van der Waals surface area contributed by atoms with E-state index in [1.165, 1.54) is 44.9 Å². The molecular weight excluding hydrogens is 200 g/mol. The van der Waals surface area contributed by atoms with Gasteiger partial charge in [0.2, 0.25) is 5.91 Å². The Balaban J connectivity index is 1.78. The van der Waals surface area contributed by atoms with Crippen molar-refractivity contribution < 1.29 is 4.79 Å². The zero-order chi connectivity index (χ0) is 11.4. The summed E-state index contributed by atoms with van der Waals surface area (Å²) in [7, 11) is 0. The van der Waals surface area contributed by atoms with E-state index in [2.05, 4.69) is 17.1 Å². The van der Waals surface area contributed by atoms with Crippen molar-refractivity contribution >= 4 is 5.91 Å². The van der Waals surface area contributed by atoms with Gasteiger partial charge in [0.25, 0.3) is 0 Å². The number of nitrogens with one attached hydrogen (secondary N) is 1. The van der Waals surface area contributed by atoms with Crippen LogP contribution in [0.2, 0.25) is 0 Å². The van der Waals surface area contributed by atoms with Gasteiger partial charge >= 0.3 is 0 Å². The molecule has 1 heterocycles. The summed E-state index contributed by atoms with van der Waals surface area (Å²) in [6.07, 6.45) is 8.75. The molecule has 16 heavy (non-hydrogen) atoms. The maximum Gasteiger partial charge on any atom is 0.237 e. The minimum atomic E-state index is 0.0703. The molecule has 1 N–H and O–H groups in total. The largest absolute Gasteiger partial charge is 0.352 e. The van der Waals surface area contributed by atoms with E-state index in [4.69, 9.17) is 0 Å². The third kappa shape index (κ3) is 2.97. The molecule has 1 unspecified atom stereocenters. The molecule has 1 aliphatic carbocycles. The van der Waals surface area contributed by atoms with E-state index in [1.54, 1.807) is 0 Å². The van der Waals surface area contributed by atoms with Crippen molar-refractivity contribution in [3.8, 4) is 0 Å². The summed E-state index contributed by atoms with van der Waals surface area (Å²) < 4.78 is 0. The smallest absolute Gasteiger partial charge is 0.237 e. The zero-order valence-electron chi connectivity index (χ0n) is 10.4. The minimum absolute atomic E-state index is 0.0703. The summed E-state index contributed by atoms with van der Waals surface area (Å²) in [6, 6.07) is 0.528. The predicted molar refractivity (Wildman–Crippen MR) is 65.3 cm³/mol. The van der Waals surface area contributed by atoms with Crippen LogP contribution in [0.25, 0.3) is 0 Å².